The highest BCUT2D eigenvalue weighted by Gasteiger charge is 2.15. The van der Waals surface area contributed by atoms with Crippen LogP contribution < -0.4 is 10.6 Å². The maximum atomic E-state index is 12.6. The van der Waals surface area contributed by atoms with Crippen molar-refractivity contribution in [2.24, 2.45) is 0 Å². The molecule has 0 saturated heterocycles. The predicted octanol–water partition coefficient (Wildman–Crippen LogP) is 6.46. The number of hydrogen-bond acceptors (Lipinski definition) is 1. The van der Waals surface area contributed by atoms with Crippen molar-refractivity contribution in [3.8, 4) is 0 Å². The lowest BCUT2D eigenvalue weighted by Crippen LogP contribution is -2.31. The lowest BCUT2D eigenvalue weighted by Gasteiger charge is -2.20. The number of rotatable bonds is 7. The number of para-hydroxylation sites is 1. The molecular formula is C26H30N2O. The molecule has 3 nitrogen and oxygen atoms in total. The van der Waals surface area contributed by atoms with Gasteiger partial charge in [0.1, 0.15) is 0 Å². The molecule has 0 aliphatic heterocycles. The lowest BCUT2D eigenvalue weighted by molar-refractivity contribution is 0.252. The molecule has 3 aromatic rings. The van der Waals surface area contributed by atoms with Crippen LogP contribution in [0.25, 0.3) is 0 Å². The van der Waals surface area contributed by atoms with Gasteiger partial charge < -0.3 is 10.6 Å². The van der Waals surface area contributed by atoms with Crippen molar-refractivity contribution >= 4 is 11.7 Å². The van der Waals surface area contributed by atoms with Gasteiger partial charge in [-0.25, -0.2) is 4.79 Å². The second kappa shape index (κ2) is 9.92. The van der Waals surface area contributed by atoms with Crippen LogP contribution in [0.2, 0.25) is 0 Å². The van der Waals surface area contributed by atoms with E-state index < -0.39 is 0 Å². The minimum Gasteiger partial charge on any atom is -0.338 e. The van der Waals surface area contributed by atoms with Crippen LogP contribution in [0.1, 0.15) is 54.4 Å². The Morgan fingerprint density at radius 1 is 0.828 bits per heavy atom. The Hall–Kier alpha value is -3.07. The number of aryl methyl sites for hydroxylation is 1. The second-order valence-corrected chi connectivity index (χ2v) is 7.74. The number of urea groups is 1. The molecule has 0 bridgehead atoms. The van der Waals surface area contributed by atoms with E-state index in [1.54, 1.807) is 0 Å². The van der Waals surface area contributed by atoms with Crippen molar-refractivity contribution in [3.63, 3.8) is 0 Å². The van der Waals surface area contributed by atoms with Crippen molar-refractivity contribution < 1.29 is 4.79 Å². The van der Waals surface area contributed by atoms with Crippen molar-refractivity contribution in [2.75, 3.05) is 11.9 Å². The van der Waals surface area contributed by atoms with Gasteiger partial charge in [-0.15, -0.1) is 0 Å². The van der Waals surface area contributed by atoms with Crippen LogP contribution in [0.15, 0.2) is 78.9 Å². The Kier molecular flexibility index (Phi) is 7.07. The van der Waals surface area contributed by atoms with Crippen LogP contribution in [0.3, 0.4) is 0 Å². The van der Waals surface area contributed by atoms with E-state index >= 15 is 0 Å². The fourth-order valence-corrected chi connectivity index (χ4v) is 3.73. The molecule has 0 aliphatic carbocycles. The average Bonchev–Trinajstić information content (AvgIpc) is 2.74. The zero-order valence-corrected chi connectivity index (χ0v) is 17.5. The number of amides is 2. The summed E-state index contributed by atoms with van der Waals surface area (Å²) in [4.78, 5) is 12.6. The van der Waals surface area contributed by atoms with Gasteiger partial charge in [0.2, 0.25) is 0 Å². The fraction of sp³-hybridized carbons (Fsp3) is 0.269. The molecule has 0 saturated carbocycles. The molecule has 0 heterocycles. The van der Waals surface area contributed by atoms with E-state index in [1.165, 1.54) is 11.1 Å². The third-order valence-corrected chi connectivity index (χ3v) is 5.29. The van der Waals surface area contributed by atoms with Gasteiger partial charge >= 0.3 is 6.03 Å². The Labute approximate surface area is 174 Å². The highest BCUT2D eigenvalue weighted by Crippen LogP contribution is 2.28. The van der Waals surface area contributed by atoms with Crippen molar-refractivity contribution in [2.45, 2.75) is 39.0 Å². The van der Waals surface area contributed by atoms with E-state index in [4.69, 9.17) is 0 Å². The summed E-state index contributed by atoms with van der Waals surface area (Å²) in [5.41, 5.74) is 5.69. The highest BCUT2D eigenvalue weighted by molar-refractivity contribution is 5.91. The van der Waals surface area contributed by atoms with Gasteiger partial charge in [0.25, 0.3) is 0 Å². The van der Waals surface area contributed by atoms with Crippen molar-refractivity contribution in [3.05, 3.63) is 101 Å². The van der Waals surface area contributed by atoms with Crippen LogP contribution in [-0.2, 0) is 0 Å². The van der Waals surface area contributed by atoms with E-state index in [0.29, 0.717) is 12.5 Å². The summed E-state index contributed by atoms with van der Waals surface area (Å²) in [7, 11) is 0. The zero-order valence-electron chi connectivity index (χ0n) is 17.5. The number of anilines is 1. The van der Waals surface area contributed by atoms with Gasteiger partial charge in [-0.05, 0) is 41.5 Å². The van der Waals surface area contributed by atoms with E-state index in [-0.39, 0.29) is 11.9 Å². The van der Waals surface area contributed by atoms with Gasteiger partial charge in [-0.3, -0.25) is 0 Å². The number of hydrogen-bond donors (Lipinski definition) is 2. The summed E-state index contributed by atoms with van der Waals surface area (Å²) in [6.07, 6.45) is 0.840. The molecule has 0 spiro atoms. The number of nitrogens with one attached hydrogen (secondary N) is 2. The Bertz CT molecular complexity index is 880. The smallest absolute Gasteiger partial charge is 0.319 e. The van der Waals surface area contributed by atoms with E-state index in [1.807, 2.05) is 31.2 Å². The quantitative estimate of drug-likeness (QED) is 0.480. The molecule has 0 fully saturated rings. The Morgan fingerprint density at radius 2 is 1.41 bits per heavy atom. The molecule has 150 valence electrons. The molecule has 3 aromatic carbocycles. The predicted molar refractivity (Wildman–Crippen MR) is 122 cm³/mol. The summed E-state index contributed by atoms with van der Waals surface area (Å²) >= 11 is 0. The van der Waals surface area contributed by atoms with E-state index in [2.05, 4.69) is 79.1 Å². The number of carbonyl (C=O) groups excluding carboxylic acids is 1. The topological polar surface area (TPSA) is 41.1 Å². The molecule has 0 aliphatic rings. The maximum Gasteiger partial charge on any atom is 0.319 e. The minimum absolute atomic E-state index is 0.152. The van der Waals surface area contributed by atoms with Crippen molar-refractivity contribution in [1.82, 2.24) is 5.32 Å². The maximum absolute atomic E-state index is 12.6. The first-order chi connectivity index (χ1) is 14.1. The number of carbonyl (C=O) groups is 1. The standard InChI is InChI=1S/C26H30N2O/c1-19(2)23-16-10-11-20(3)25(23)28-26(29)27-18-17-24(21-12-6-4-7-13-21)22-14-8-5-9-15-22/h4-16,19,24H,17-18H2,1-3H3,(H2,27,28,29). The molecule has 0 unspecified atom stereocenters. The van der Waals surface area contributed by atoms with Gasteiger partial charge in [0.15, 0.2) is 0 Å². The van der Waals surface area contributed by atoms with Crippen LogP contribution in [0.4, 0.5) is 10.5 Å². The zero-order chi connectivity index (χ0) is 20.6. The first kappa shape index (κ1) is 20.7. The SMILES string of the molecule is Cc1cccc(C(C)C)c1NC(=O)NCCC(c1ccccc1)c1ccccc1. The van der Waals surface area contributed by atoms with Crippen LogP contribution in [-0.4, -0.2) is 12.6 Å². The third-order valence-electron chi connectivity index (χ3n) is 5.29. The molecule has 0 radical (unpaired) electrons. The second-order valence-electron chi connectivity index (χ2n) is 7.74. The Balaban J connectivity index is 1.65. The molecule has 3 rings (SSSR count). The fourth-order valence-electron chi connectivity index (χ4n) is 3.73. The summed E-state index contributed by atoms with van der Waals surface area (Å²) < 4.78 is 0. The minimum atomic E-state index is -0.152. The lowest BCUT2D eigenvalue weighted by atomic mass is 9.88. The third kappa shape index (κ3) is 5.47. The van der Waals surface area contributed by atoms with Gasteiger partial charge in [-0.1, -0.05) is 92.7 Å². The summed E-state index contributed by atoms with van der Waals surface area (Å²) in [6, 6.07) is 26.9. The first-order valence-corrected chi connectivity index (χ1v) is 10.3. The van der Waals surface area contributed by atoms with Crippen molar-refractivity contribution in [1.29, 1.82) is 0 Å². The molecule has 2 N–H and O–H groups in total. The average molecular weight is 387 g/mol. The molecule has 0 atom stereocenters. The van der Waals surface area contributed by atoms with Crippen LogP contribution in [0, 0.1) is 6.92 Å². The summed E-state index contributed by atoms with van der Waals surface area (Å²) in [5.74, 6) is 0.605. The molecular weight excluding hydrogens is 356 g/mol. The molecule has 2 amide bonds. The monoisotopic (exact) mass is 386 g/mol. The van der Waals surface area contributed by atoms with Crippen LogP contribution in [0.5, 0.6) is 0 Å². The summed E-state index contributed by atoms with van der Waals surface area (Å²) in [5, 5.41) is 6.11. The molecule has 0 aromatic heterocycles. The van der Waals surface area contributed by atoms with E-state index in [9.17, 15) is 4.79 Å². The van der Waals surface area contributed by atoms with Gasteiger partial charge in [0, 0.05) is 18.2 Å². The molecule has 29 heavy (non-hydrogen) atoms. The summed E-state index contributed by atoms with van der Waals surface area (Å²) in [6.45, 7) is 6.91. The normalized spacial score (nSPS) is 10.9. The molecule has 3 heteroatoms. The van der Waals surface area contributed by atoms with Crippen LogP contribution >= 0.6 is 0 Å². The number of benzene rings is 3. The van der Waals surface area contributed by atoms with Gasteiger partial charge in [-0.2, -0.15) is 0 Å². The van der Waals surface area contributed by atoms with E-state index in [0.717, 1.165) is 23.2 Å². The first-order valence-electron chi connectivity index (χ1n) is 10.3. The Morgan fingerprint density at radius 3 is 1.97 bits per heavy atom. The highest BCUT2D eigenvalue weighted by atomic mass is 16.2. The largest absolute Gasteiger partial charge is 0.338 e. The van der Waals surface area contributed by atoms with Gasteiger partial charge in [0.05, 0.1) is 0 Å².